The minimum Gasteiger partial charge on any atom is -0.484 e. The van der Waals surface area contributed by atoms with Crippen LogP contribution in [0.2, 0.25) is 0 Å². The molecule has 1 amide bonds. The molecule has 2 aromatic rings. The summed E-state index contributed by atoms with van der Waals surface area (Å²) in [6.07, 6.45) is 0.953. The number of benzene rings is 1. The second-order valence-corrected chi connectivity index (χ2v) is 10.8. The number of hydrogen-bond donors (Lipinski definition) is 0. The van der Waals surface area contributed by atoms with Gasteiger partial charge in [0.1, 0.15) is 9.96 Å². The fourth-order valence-corrected chi connectivity index (χ4v) is 6.39. The Bertz CT molecular complexity index is 888. The van der Waals surface area contributed by atoms with E-state index in [0.717, 1.165) is 10.2 Å². The standard InChI is InChI=1S/C18H21BrN2O4S2/c1-2-14-3-5-15(6-4-14)25-13-17(22)20-9-11-21(12-10-20)27(23,24)18-8-7-16(19)26-18/h3-8H,2,9-13H2,1H3. The van der Waals surface area contributed by atoms with Gasteiger partial charge in [-0.05, 0) is 52.2 Å². The highest BCUT2D eigenvalue weighted by Crippen LogP contribution is 2.29. The highest BCUT2D eigenvalue weighted by Gasteiger charge is 2.31. The SMILES string of the molecule is CCc1ccc(OCC(=O)N2CCN(S(=O)(=O)c3ccc(Br)s3)CC2)cc1. The highest BCUT2D eigenvalue weighted by molar-refractivity contribution is 9.11. The van der Waals surface area contributed by atoms with Crippen molar-refractivity contribution in [1.82, 2.24) is 9.21 Å². The number of carbonyl (C=O) groups is 1. The van der Waals surface area contributed by atoms with Crippen LogP contribution >= 0.6 is 27.3 Å². The van der Waals surface area contributed by atoms with Crippen LogP contribution in [0.4, 0.5) is 0 Å². The first-order valence-electron chi connectivity index (χ1n) is 8.65. The van der Waals surface area contributed by atoms with Gasteiger partial charge in [0.25, 0.3) is 15.9 Å². The molecule has 3 rings (SSSR count). The topological polar surface area (TPSA) is 66.9 Å². The fraction of sp³-hybridized carbons (Fsp3) is 0.389. The number of ether oxygens (including phenoxy) is 1. The van der Waals surface area contributed by atoms with Gasteiger partial charge in [-0.25, -0.2) is 8.42 Å². The zero-order valence-corrected chi connectivity index (χ0v) is 18.1. The lowest BCUT2D eigenvalue weighted by molar-refractivity contribution is -0.134. The number of thiophene rings is 1. The van der Waals surface area contributed by atoms with E-state index in [1.165, 1.54) is 21.2 Å². The van der Waals surface area contributed by atoms with Crippen LogP contribution in [0.3, 0.4) is 0 Å². The molecule has 0 atom stereocenters. The average molecular weight is 473 g/mol. The predicted octanol–water partition coefficient (Wildman–Crippen LogP) is 2.98. The fourth-order valence-electron chi connectivity index (χ4n) is 2.80. The molecule has 1 aromatic carbocycles. The van der Waals surface area contributed by atoms with Crippen LogP contribution in [0.25, 0.3) is 0 Å². The molecule has 146 valence electrons. The maximum Gasteiger partial charge on any atom is 0.260 e. The molecule has 0 bridgehead atoms. The molecule has 0 saturated carbocycles. The van der Waals surface area contributed by atoms with Gasteiger partial charge in [-0.1, -0.05) is 19.1 Å². The van der Waals surface area contributed by atoms with Gasteiger partial charge in [0.05, 0.1) is 3.79 Å². The van der Waals surface area contributed by atoms with E-state index >= 15 is 0 Å². The predicted molar refractivity (Wildman–Crippen MR) is 109 cm³/mol. The van der Waals surface area contributed by atoms with E-state index in [0.29, 0.717) is 23.0 Å². The van der Waals surface area contributed by atoms with Gasteiger partial charge in [0.15, 0.2) is 6.61 Å². The van der Waals surface area contributed by atoms with Crippen LogP contribution in [0.1, 0.15) is 12.5 Å². The van der Waals surface area contributed by atoms with Crippen LogP contribution in [-0.2, 0) is 21.2 Å². The normalized spacial score (nSPS) is 15.7. The van der Waals surface area contributed by atoms with Crippen molar-refractivity contribution in [3.63, 3.8) is 0 Å². The molecule has 1 aliphatic heterocycles. The van der Waals surface area contributed by atoms with Crippen molar-refractivity contribution in [2.75, 3.05) is 32.8 Å². The van der Waals surface area contributed by atoms with E-state index in [2.05, 4.69) is 22.9 Å². The summed E-state index contributed by atoms with van der Waals surface area (Å²) in [5.74, 6) is 0.524. The van der Waals surface area contributed by atoms with Crippen LogP contribution < -0.4 is 4.74 Å². The molecule has 0 spiro atoms. The van der Waals surface area contributed by atoms with E-state index in [1.54, 1.807) is 17.0 Å². The number of rotatable bonds is 6. The van der Waals surface area contributed by atoms with Crippen molar-refractivity contribution in [2.45, 2.75) is 17.6 Å². The minimum absolute atomic E-state index is 0.0455. The summed E-state index contributed by atoms with van der Waals surface area (Å²) in [6, 6.07) is 11.0. The molecular formula is C18H21BrN2O4S2. The van der Waals surface area contributed by atoms with Crippen LogP contribution in [0, 0.1) is 0 Å². The quantitative estimate of drug-likeness (QED) is 0.647. The van der Waals surface area contributed by atoms with E-state index in [1.807, 2.05) is 24.3 Å². The third kappa shape index (κ3) is 4.90. The smallest absolute Gasteiger partial charge is 0.260 e. The van der Waals surface area contributed by atoms with Gasteiger partial charge >= 0.3 is 0 Å². The van der Waals surface area contributed by atoms with Gasteiger partial charge in [0, 0.05) is 26.2 Å². The summed E-state index contributed by atoms with van der Waals surface area (Å²) in [5.41, 5.74) is 1.21. The Labute approximate surface area is 171 Å². The van der Waals surface area contributed by atoms with E-state index < -0.39 is 10.0 Å². The average Bonchev–Trinajstić information content (AvgIpc) is 3.14. The Morgan fingerprint density at radius 2 is 1.78 bits per heavy atom. The molecule has 0 N–H and O–H groups in total. The second-order valence-electron chi connectivity index (χ2n) is 6.13. The zero-order chi connectivity index (χ0) is 19.4. The summed E-state index contributed by atoms with van der Waals surface area (Å²) in [4.78, 5) is 14.0. The van der Waals surface area contributed by atoms with E-state index in [9.17, 15) is 13.2 Å². The molecule has 1 saturated heterocycles. The first-order chi connectivity index (χ1) is 12.9. The summed E-state index contributed by atoms with van der Waals surface area (Å²) in [5, 5.41) is 0. The van der Waals surface area contributed by atoms with Crippen molar-refractivity contribution in [2.24, 2.45) is 0 Å². The lowest BCUT2D eigenvalue weighted by atomic mass is 10.2. The van der Waals surface area contributed by atoms with E-state index in [-0.39, 0.29) is 25.6 Å². The Morgan fingerprint density at radius 3 is 2.33 bits per heavy atom. The van der Waals surface area contributed by atoms with Crippen molar-refractivity contribution in [3.8, 4) is 5.75 Å². The zero-order valence-electron chi connectivity index (χ0n) is 14.9. The van der Waals surface area contributed by atoms with Crippen molar-refractivity contribution < 1.29 is 17.9 Å². The lowest BCUT2D eigenvalue weighted by Gasteiger charge is -2.33. The number of amides is 1. The van der Waals surface area contributed by atoms with E-state index in [4.69, 9.17) is 4.74 Å². The molecule has 0 aliphatic carbocycles. The third-order valence-electron chi connectivity index (χ3n) is 4.43. The van der Waals surface area contributed by atoms with Crippen molar-refractivity contribution >= 4 is 43.2 Å². The first kappa shape index (κ1) is 20.3. The molecular weight excluding hydrogens is 452 g/mol. The number of nitrogens with zero attached hydrogens (tertiary/aromatic N) is 2. The largest absolute Gasteiger partial charge is 0.484 e. The molecule has 6 nitrogen and oxygen atoms in total. The molecule has 1 fully saturated rings. The van der Waals surface area contributed by atoms with Gasteiger partial charge in [-0.2, -0.15) is 4.31 Å². The van der Waals surface area contributed by atoms with Crippen LogP contribution in [0.15, 0.2) is 44.4 Å². The second kappa shape index (κ2) is 8.72. The Hall–Kier alpha value is -1.42. The maximum atomic E-state index is 12.6. The molecule has 1 aliphatic rings. The Balaban J connectivity index is 1.51. The van der Waals surface area contributed by atoms with Crippen molar-refractivity contribution in [1.29, 1.82) is 0 Å². The Morgan fingerprint density at radius 1 is 1.11 bits per heavy atom. The number of carbonyl (C=O) groups excluding carboxylic acids is 1. The monoisotopic (exact) mass is 472 g/mol. The molecule has 1 aromatic heterocycles. The summed E-state index contributed by atoms with van der Waals surface area (Å²) in [6.45, 7) is 3.33. The number of hydrogen-bond acceptors (Lipinski definition) is 5. The number of halogens is 1. The van der Waals surface area contributed by atoms with Crippen LogP contribution in [0.5, 0.6) is 5.75 Å². The molecule has 0 unspecified atom stereocenters. The number of sulfonamides is 1. The number of aryl methyl sites for hydroxylation is 1. The minimum atomic E-state index is -3.50. The van der Waals surface area contributed by atoms with Gasteiger partial charge in [-0.15, -0.1) is 11.3 Å². The van der Waals surface area contributed by atoms with Gasteiger partial charge in [-0.3, -0.25) is 4.79 Å². The molecule has 27 heavy (non-hydrogen) atoms. The summed E-state index contributed by atoms with van der Waals surface area (Å²) < 4.78 is 33.3. The van der Waals surface area contributed by atoms with Crippen molar-refractivity contribution in [3.05, 3.63) is 45.7 Å². The maximum absolute atomic E-state index is 12.6. The van der Waals surface area contributed by atoms with Gasteiger partial charge < -0.3 is 9.64 Å². The highest BCUT2D eigenvalue weighted by atomic mass is 79.9. The summed E-state index contributed by atoms with van der Waals surface area (Å²) in [7, 11) is -3.50. The first-order valence-corrected chi connectivity index (χ1v) is 11.7. The Kier molecular flexibility index (Phi) is 6.56. The summed E-state index contributed by atoms with van der Waals surface area (Å²) >= 11 is 4.48. The molecule has 0 radical (unpaired) electrons. The molecule has 9 heteroatoms. The lowest BCUT2D eigenvalue weighted by Crippen LogP contribution is -2.51. The van der Waals surface area contributed by atoms with Crippen LogP contribution in [-0.4, -0.2) is 56.3 Å². The number of piperazine rings is 1. The molecule has 2 heterocycles. The van der Waals surface area contributed by atoms with Gasteiger partial charge in [0.2, 0.25) is 0 Å². The third-order valence-corrected chi connectivity index (χ3v) is 8.42.